The molecule has 0 saturated carbocycles. The second-order valence-electron chi connectivity index (χ2n) is 5.64. The molecule has 1 aliphatic heterocycles. The Morgan fingerprint density at radius 3 is 2.44 bits per heavy atom. The van der Waals surface area contributed by atoms with Gasteiger partial charge in [-0.25, -0.2) is 18.2 Å². The zero-order valence-electron chi connectivity index (χ0n) is 14.0. The summed E-state index contributed by atoms with van der Waals surface area (Å²) in [6.07, 6.45) is 2.04. The van der Waals surface area contributed by atoms with Gasteiger partial charge in [-0.15, -0.1) is 0 Å². The van der Waals surface area contributed by atoms with Gasteiger partial charge in [0.05, 0.1) is 0 Å². The molecule has 0 unspecified atom stereocenters. The number of anilines is 1. The number of piperazine rings is 1. The molecule has 1 saturated heterocycles. The number of nitrogens with zero attached hydrogens (tertiary/aromatic N) is 3. The van der Waals surface area contributed by atoms with E-state index in [1.165, 1.54) is 16.6 Å². The van der Waals surface area contributed by atoms with Crippen molar-refractivity contribution in [2.45, 2.75) is 25.2 Å². The van der Waals surface area contributed by atoms with Crippen LogP contribution in [0.25, 0.3) is 0 Å². The summed E-state index contributed by atoms with van der Waals surface area (Å²) < 4.78 is 26.9. The van der Waals surface area contributed by atoms with Gasteiger partial charge in [0.2, 0.25) is 10.0 Å². The number of carboxylic acid groups (broad SMARTS) is 1. The van der Waals surface area contributed by atoms with Crippen molar-refractivity contribution in [1.29, 1.82) is 0 Å². The summed E-state index contributed by atoms with van der Waals surface area (Å²) in [6.45, 7) is 7.57. The standard InChI is InChI=1S/C15H24N4O4S.Na.H/c1-3-5-16-14-13(15(20)21)10-12(11-17-14)24(22,23)19-8-6-18(4-2)7-9-19;;/h10-11H,3-9H2,1-2H3,(H,16,17)(H,20,21);;. The molecule has 2 heterocycles. The fourth-order valence-corrected chi connectivity index (χ4v) is 3.96. The molecule has 2 rings (SSSR count). The van der Waals surface area contributed by atoms with Gasteiger partial charge in [-0.3, -0.25) is 0 Å². The minimum absolute atomic E-state index is 0. The van der Waals surface area contributed by atoms with Gasteiger partial charge < -0.3 is 15.3 Å². The van der Waals surface area contributed by atoms with E-state index in [4.69, 9.17) is 0 Å². The summed E-state index contributed by atoms with van der Waals surface area (Å²) in [7, 11) is -3.73. The number of carboxylic acids is 1. The number of carbonyl (C=O) groups is 1. The van der Waals surface area contributed by atoms with Crippen LogP contribution in [0.15, 0.2) is 17.2 Å². The van der Waals surface area contributed by atoms with Crippen molar-refractivity contribution >= 4 is 51.4 Å². The SMILES string of the molecule is CCCNc1ncc(S(=O)(=O)N2CCN(CC)CC2)cc1C(=O)O.[NaH]. The van der Waals surface area contributed by atoms with Gasteiger partial charge in [-0.1, -0.05) is 13.8 Å². The number of sulfonamides is 1. The number of pyridine rings is 1. The van der Waals surface area contributed by atoms with E-state index in [0.29, 0.717) is 32.7 Å². The van der Waals surface area contributed by atoms with E-state index in [1.807, 2.05) is 13.8 Å². The molecule has 8 nitrogen and oxygen atoms in total. The molecule has 0 radical (unpaired) electrons. The number of hydrogen-bond donors (Lipinski definition) is 2. The Labute approximate surface area is 170 Å². The van der Waals surface area contributed by atoms with Gasteiger partial charge in [0.15, 0.2) is 0 Å². The van der Waals surface area contributed by atoms with Gasteiger partial charge in [0.1, 0.15) is 16.3 Å². The number of nitrogens with one attached hydrogen (secondary N) is 1. The zero-order chi connectivity index (χ0) is 17.7. The third-order valence-corrected chi connectivity index (χ3v) is 5.92. The van der Waals surface area contributed by atoms with Crippen molar-refractivity contribution in [3.05, 3.63) is 17.8 Å². The van der Waals surface area contributed by atoms with E-state index in [1.54, 1.807) is 0 Å². The molecular weight excluding hydrogens is 355 g/mol. The predicted octanol–water partition coefficient (Wildman–Crippen LogP) is 0.279. The first kappa shape index (κ1) is 22.3. The zero-order valence-corrected chi connectivity index (χ0v) is 14.8. The first-order chi connectivity index (χ1) is 11.4. The molecule has 1 aromatic rings. The van der Waals surface area contributed by atoms with Crippen molar-refractivity contribution < 1.29 is 18.3 Å². The molecule has 1 aliphatic rings. The first-order valence-electron chi connectivity index (χ1n) is 8.09. The molecule has 25 heavy (non-hydrogen) atoms. The number of rotatable bonds is 7. The van der Waals surface area contributed by atoms with E-state index in [9.17, 15) is 18.3 Å². The Balaban J connectivity index is 0.00000312. The molecule has 0 atom stereocenters. The number of aromatic nitrogens is 1. The van der Waals surface area contributed by atoms with Crippen molar-refractivity contribution in [3.8, 4) is 0 Å². The molecule has 0 spiro atoms. The summed E-state index contributed by atoms with van der Waals surface area (Å²) in [5.41, 5.74) is -0.128. The fraction of sp³-hybridized carbons (Fsp3) is 0.600. The summed E-state index contributed by atoms with van der Waals surface area (Å²) in [5, 5.41) is 12.2. The van der Waals surface area contributed by atoms with Gasteiger partial charge in [-0.2, -0.15) is 4.31 Å². The van der Waals surface area contributed by atoms with Crippen LogP contribution in [0.2, 0.25) is 0 Å². The van der Waals surface area contributed by atoms with Crippen LogP contribution in [0.5, 0.6) is 0 Å². The van der Waals surface area contributed by atoms with Crippen LogP contribution in [0.1, 0.15) is 30.6 Å². The Morgan fingerprint density at radius 1 is 1.28 bits per heavy atom. The van der Waals surface area contributed by atoms with Gasteiger partial charge >= 0.3 is 35.5 Å². The van der Waals surface area contributed by atoms with E-state index in [2.05, 4.69) is 15.2 Å². The van der Waals surface area contributed by atoms with Crippen LogP contribution >= 0.6 is 0 Å². The van der Waals surface area contributed by atoms with Crippen molar-refractivity contribution in [1.82, 2.24) is 14.2 Å². The Hall–Kier alpha value is -0.710. The van der Waals surface area contributed by atoms with Crippen LogP contribution in [0.4, 0.5) is 5.82 Å². The Morgan fingerprint density at radius 2 is 1.92 bits per heavy atom. The van der Waals surface area contributed by atoms with E-state index in [0.717, 1.165) is 13.0 Å². The number of hydrogen-bond acceptors (Lipinski definition) is 6. The fourth-order valence-electron chi connectivity index (χ4n) is 2.57. The molecular formula is C15H25N4NaO4S. The molecule has 136 valence electrons. The second-order valence-corrected chi connectivity index (χ2v) is 7.58. The number of likely N-dealkylation sites (N-methyl/N-ethyl adjacent to an activating group) is 1. The molecule has 0 aromatic carbocycles. The molecule has 1 aromatic heterocycles. The van der Waals surface area contributed by atoms with Crippen molar-refractivity contribution in [3.63, 3.8) is 0 Å². The van der Waals surface area contributed by atoms with E-state index in [-0.39, 0.29) is 45.8 Å². The van der Waals surface area contributed by atoms with Crippen molar-refractivity contribution in [2.24, 2.45) is 0 Å². The third kappa shape index (κ3) is 5.38. The summed E-state index contributed by atoms with van der Waals surface area (Å²) in [6, 6.07) is 1.19. The predicted molar refractivity (Wildman–Crippen MR) is 98.0 cm³/mol. The van der Waals surface area contributed by atoms with Crippen LogP contribution in [0.3, 0.4) is 0 Å². The van der Waals surface area contributed by atoms with E-state index < -0.39 is 16.0 Å². The molecule has 1 fully saturated rings. The van der Waals surface area contributed by atoms with Crippen LogP contribution < -0.4 is 5.32 Å². The maximum atomic E-state index is 12.7. The second kappa shape index (κ2) is 9.84. The summed E-state index contributed by atoms with van der Waals surface area (Å²) in [4.78, 5) is 17.5. The Bertz CT molecular complexity index is 691. The van der Waals surface area contributed by atoms with Crippen molar-refractivity contribution in [2.75, 3.05) is 44.6 Å². The molecule has 0 bridgehead atoms. The minimum atomic E-state index is -3.73. The molecule has 0 amide bonds. The third-order valence-electron chi connectivity index (χ3n) is 4.05. The molecule has 2 N–H and O–H groups in total. The average molecular weight is 380 g/mol. The monoisotopic (exact) mass is 380 g/mol. The van der Waals surface area contributed by atoms with Crippen LogP contribution in [-0.4, -0.2) is 103 Å². The Kier molecular flexibility index (Phi) is 8.79. The maximum absolute atomic E-state index is 12.7. The average Bonchev–Trinajstić information content (AvgIpc) is 2.59. The summed E-state index contributed by atoms with van der Waals surface area (Å²) >= 11 is 0. The quantitative estimate of drug-likeness (QED) is 0.655. The van der Waals surface area contributed by atoms with Crippen LogP contribution in [-0.2, 0) is 10.0 Å². The first-order valence-corrected chi connectivity index (χ1v) is 9.53. The summed E-state index contributed by atoms with van der Waals surface area (Å²) in [5.74, 6) is -1.01. The topological polar surface area (TPSA) is 103 Å². The van der Waals surface area contributed by atoms with E-state index >= 15 is 0 Å². The van der Waals surface area contributed by atoms with Gasteiger partial charge in [0.25, 0.3) is 0 Å². The van der Waals surface area contributed by atoms with Gasteiger partial charge in [0, 0.05) is 38.9 Å². The molecule has 10 heteroatoms. The molecule has 0 aliphatic carbocycles. The van der Waals surface area contributed by atoms with Gasteiger partial charge in [-0.05, 0) is 19.0 Å². The normalized spacial score (nSPS) is 16.2. The number of aromatic carboxylic acids is 1. The van der Waals surface area contributed by atoms with Crippen LogP contribution in [0, 0.1) is 0 Å².